The van der Waals surface area contributed by atoms with Gasteiger partial charge in [0.25, 0.3) is 0 Å². The van der Waals surface area contributed by atoms with E-state index in [4.69, 9.17) is 4.74 Å². The Kier molecular flexibility index (Phi) is 5.02. The van der Waals surface area contributed by atoms with E-state index < -0.39 is 46.1 Å². The molecule has 0 spiro atoms. The summed E-state index contributed by atoms with van der Waals surface area (Å²) in [5.41, 5.74) is -1.56. The molecule has 1 aromatic carbocycles. The third kappa shape index (κ3) is 3.69. The molecule has 0 bridgehead atoms. The molecule has 4 nitrogen and oxygen atoms in total. The van der Waals surface area contributed by atoms with Crippen LogP contribution in [0.3, 0.4) is 0 Å². The molecule has 124 valence electrons. The Bertz CT molecular complexity index is 696. The molecule has 1 aliphatic carbocycles. The first-order valence-corrected chi connectivity index (χ1v) is 6.83. The molecule has 0 aliphatic heterocycles. The van der Waals surface area contributed by atoms with Crippen molar-refractivity contribution in [2.75, 3.05) is 6.61 Å². The van der Waals surface area contributed by atoms with Crippen LogP contribution in [0.25, 0.3) is 5.76 Å². The summed E-state index contributed by atoms with van der Waals surface area (Å²) in [6.07, 6.45) is 2.55. The van der Waals surface area contributed by atoms with E-state index in [1.54, 1.807) is 0 Å². The number of nitrogens with zero attached hydrogens (tertiary/aromatic N) is 1. The zero-order valence-corrected chi connectivity index (χ0v) is 12.1. The van der Waals surface area contributed by atoms with Gasteiger partial charge in [-0.05, 0) is 25.8 Å². The Morgan fingerprint density at radius 3 is 2.52 bits per heavy atom. The minimum Gasteiger partial charge on any atom is -0.506 e. The lowest BCUT2D eigenvalue weighted by molar-refractivity contribution is -0.137. The van der Waals surface area contributed by atoms with Gasteiger partial charge in [0, 0.05) is 6.21 Å². The van der Waals surface area contributed by atoms with Crippen molar-refractivity contribution in [2.24, 2.45) is 4.99 Å². The second-order valence-electron chi connectivity index (χ2n) is 4.84. The Morgan fingerprint density at radius 2 is 1.96 bits per heavy atom. The smallest absolute Gasteiger partial charge is 0.343 e. The lowest BCUT2D eigenvalue weighted by atomic mass is 10.1. The molecule has 0 unspecified atom stereocenters. The molecule has 0 saturated heterocycles. The van der Waals surface area contributed by atoms with Gasteiger partial charge >= 0.3 is 5.97 Å². The maximum Gasteiger partial charge on any atom is 0.343 e. The molecule has 8 heteroatoms. The van der Waals surface area contributed by atoms with Crippen molar-refractivity contribution in [1.29, 1.82) is 0 Å². The highest BCUT2D eigenvalue weighted by atomic mass is 19.2. The number of aliphatic hydroxyl groups is 1. The summed E-state index contributed by atoms with van der Waals surface area (Å²) in [6, 6.07) is 0.228. The number of ether oxygens (including phenoxy) is 1. The maximum atomic E-state index is 13.7. The molecule has 1 saturated carbocycles. The number of benzene rings is 1. The van der Waals surface area contributed by atoms with Crippen molar-refractivity contribution in [2.45, 2.75) is 25.8 Å². The van der Waals surface area contributed by atoms with E-state index in [1.165, 1.54) is 6.92 Å². The molecule has 23 heavy (non-hydrogen) atoms. The van der Waals surface area contributed by atoms with E-state index in [9.17, 15) is 27.5 Å². The van der Waals surface area contributed by atoms with Gasteiger partial charge in [-0.1, -0.05) is 0 Å². The highest BCUT2D eigenvalue weighted by molar-refractivity contribution is 6.15. The number of carbonyl (C=O) groups is 1. The van der Waals surface area contributed by atoms with Crippen molar-refractivity contribution in [3.05, 3.63) is 40.5 Å². The van der Waals surface area contributed by atoms with Crippen LogP contribution >= 0.6 is 0 Å². The van der Waals surface area contributed by atoms with E-state index in [0.29, 0.717) is 0 Å². The summed E-state index contributed by atoms with van der Waals surface area (Å²) in [6.45, 7) is 1.46. The number of esters is 1. The van der Waals surface area contributed by atoms with Gasteiger partial charge in [0.15, 0.2) is 23.3 Å². The van der Waals surface area contributed by atoms with Gasteiger partial charge in [-0.25, -0.2) is 22.4 Å². The van der Waals surface area contributed by atoms with Crippen LogP contribution in [0.4, 0.5) is 17.6 Å². The molecule has 0 amide bonds. The van der Waals surface area contributed by atoms with E-state index in [2.05, 4.69) is 4.99 Å². The van der Waals surface area contributed by atoms with Crippen molar-refractivity contribution < 1.29 is 32.2 Å². The second-order valence-corrected chi connectivity index (χ2v) is 4.84. The summed E-state index contributed by atoms with van der Waals surface area (Å²) in [7, 11) is 0. The fraction of sp³-hybridized carbons (Fsp3) is 0.333. The average Bonchev–Trinajstić information content (AvgIpc) is 3.33. The lowest BCUT2D eigenvalue weighted by Gasteiger charge is -2.09. The maximum absolute atomic E-state index is 13.7. The number of hydrogen-bond acceptors (Lipinski definition) is 4. The highest BCUT2D eigenvalue weighted by Gasteiger charge is 2.26. The summed E-state index contributed by atoms with van der Waals surface area (Å²) in [4.78, 5) is 15.8. The predicted octanol–water partition coefficient (Wildman–Crippen LogP) is 3.31. The van der Waals surface area contributed by atoms with Crippen LogP contribution in [0.1, 0.15) is 25.3 Å². The quantitative estimate of drug-likeness (QED) is 0.171. The van der Waals surface area contributed by atoms with Crippen molar-refractivity contribution >= 4 is 17.9 Å². The van der Waals surface area contributed by atoms with E-state index >= 15 is 0 Å². The second kappa shape index (κ2) is 6.80. The number of halogens is 4. The van der Waals surface area contributed by atoms with E-state index in [0.717, 1.165) is 19.1 Å². The number of rotatable bonds is 5. The number of carbonyl (C=O) groups excluding carboxylic acids is 1. The first kappa shape index (κ1) is 17.0. The molecule has 0 atom stereocenters. The molecule has 1 N–H and O–H groups in total. The SMILES string of the molecule is CCOC(=O)/C(C=NC1CC1)=C(/O)c1cc(F)c(F)c(F)c1F. The molecule has 1 aromatic rings. The van der Waals surface area contributed by atoms with Crippen molar-refractivity contribution in [1.82, 2.24) is 0 Å². The average molecular weight is 331 g/mol. The zero-order chi connectivity index (χ0) is 17.1. The molecule has 2 rings (SSSR count). The lowest BCUT2D eigenvalue weighted by Crippen LogP contribution is -2.13. The minimum absolute atomic E-state index is 0.0289. The molecule has 1 aliphatic rings. The van der Waals surface area contributed by atoms with Gasteiger partial charge in [-0.15, -0.1) is 0 Å². The first-order chi connectivity index (χ1) is 10.9. The largest absolute Gasteiger partial charge is 0.506 e. The molecule has 1 fully saturated rings. The van der Waals surface area contributed by atoms with E-state index in [1.807, 2.05) is 0 Å². The van der Waals surface area contributed by atoms with Crippen LogP contribution in [0, 0.1) is 23.3 Å². The van der Waals surface area contributed by atoms with Crippen LogP contribution in [0.2, 0.25) is 0 Å². The zero-order valence-electron chi connectivity index (χ0n) is 12.1. The molecule has 0 aromatic heterocycles. The number of aliphatic hydroxyl groups excluding tert-OH is 1. The highest BCUT2D eigenvalue weighted by Crippen LogP contribution is 2.27. The van der Waals surface area contributed by atoms with Gasteiger partial charge in [-0.3, -0.25) is 4.99 Å². The molecule has 0 radical (unpaired) electrons. The monoisotopic (exact) mass is 331 g/mol. The minimum atomic E-state index is -2.09. The normalized spacial score (nSPS) is 15.7. The molecular formula is C15H13F4NO3. The van der Waals surface area contributed by atoms with Crippen LogP contribution < -0.4 is 0 Å². The first-order valence-electron chi connectivity index (χ1n) is 6.83. The Labute approximate surface area is 129 Å². The predicted molar refractivity (Wildman–Crippen MR) is 74.0 cm³/mol. The standard InChI is InChI=1S/C15H13F4NO3/c1-2-23-15(22)9(6-20-7-3-4-7)14(21)8-5-10(16)12(18)13(19)11(8)17/h5-7,21H,2-4H2,1H3/b14-9+,20-6?. The molecule has 0 heterocycles. The summed E-state index contributed by atoms with van der Waals surface area (Å²) >= 11 is 0. The van der Waals surface area contributed by atoms with Crippen molar-refractivity contribution in [3.8, 4) is 0 Å². The summed E-state index contributed by atoms with van der Waals surface area (Å²) < 4.78 is 57.9. The third-order valence-corrected chi connectivity index (χ3v) is 3.07. The van der Waals surface area contributed by atoms with Gasteiger partial charge in [0.2, 0.25) is 0 Å². The van der Waals surface area contributed by atoms with Gasteiger partial charge in [0.05, 0.1) is 18.2 Å². The Hall–Kier alpha value is -2.38. The van der Waals surface area contributed by atoms with Crippen LogP contribution in [0.15, 0.2) is 16.6 Å². The van der Waals surface area contributed by atoms with Gasteiger partial charge < -0.3 is 9.84 Å². The summed E-state index contributed by atoms with van der Waals surface area (Å²) in [5, 5.41) is 10.0. The van der Waals surface area contributed by atoms with Gasteiger partial charge in [0.1, 0.15) is 11.3 Å². The van der Waals surface area contributed by atoms with Crippen LogP contribution in [-0.2, 0) is 9.53 Å². The number of hydrogen-bond donors (Lipinski definition) is 1. The van der Waals surface area contributed by atoms with Gasteiger partial charge in [-0.2, -0.15) is 0 Å². The Balaban J connectivity index is 2.54. The van der Waals surface area contributed by atoms with Crippen LogP contribution in [0.5, 0.6) is 0 Å². The summed E-state index contributed by atoms with van der Waals surface area (Å²) in [5.74, 6) is -9.74. The Morgan fingerprint density at radius 1 is 1.30 bits per heavy atom. The third-order valence-electron chi connectivity index (χ3n) is 3.07. The molecular weight excluding hydrogens is 318 g/mol. The topological polar surface area (TPSA) is 58.9 Å². The van der Waals surface area contributed by atoms with Crippen molar-refractivity contribution in [3.63, 3.8) is 0 Å². The van der Waals surface area contributed by atoms with Crippen LogP contribution in [-0.4, -0.2) is 29.9 Å². The fourth-order valence-corrected chi connectivity index (χ4v) is 1.71. The number of aliphatic imine (C=N–C) groups is 1. The fourth-order valence-electron chi connectivity index (χ4n) is 1.71. The van der Waals surface area contributed by atoms with E-state index in [-0.39, 0.29) is 18.7 Å².